The molecule has 3 N–H and O–H groups in total. The molecular formula is C15H13ClN2OS. The van der Waals surface area contributed by atoms with Gasteiger partial charge >= 0.3 is 0 Å². The van der Waals surface area contributed by atoms with E-state index in [4.69, 9.17) is 29.6 Å². The van der Waals surface area contributed by atoms with Gasteiger partial charge in [0.15, 0.2) is 0 Å². The highest BCUT2D eigenvalue weighted by molar-refractivity contribution is 7.80. The predicted molar refractivity (Wildman–Crippen MR) is 86.3 cm³/mol. The molecule has 0 saturated heterocycles. The maximum atomic E-state index is 12.1. The molecule has 2 aromatic carbocycles. The number of para-hydroxylation sites is 1. The van der Waals surface area contributed by atoms with Crippen LogP contribution in [-0.4, -0.2) is 10.9 Å². The van der Waals surface area contributed by atoms with Gasteiger partial charge in [-0.2, -0.15) is 0 Å². The fourth-order valence-corrected chi connectivity index (χ4v) is 2.08. The van der Waals surface area contributed by atoms with E-state index >= 15 is 0 Å². The quantitative estimate of drug-likeness (QED) is 0.851. The first-order chi connectivity index (χ1) is 9.56. The van der Waals surface area contributed by atoms with Crippen LogP contribution in [-0.2, 0) is 6.42 Å². The van der Waals surface area contributed by atoms with Crippen molar-refractivity contribution in [1.82, 2.24) is 0 Å². The minimum Gasteiger partial charge on any atom is -0.393 e. The molecule has 0 heterocycles. The number of thiocarbonyl (C=S) groups is 1. The molecule has 102 valence electrons. The number of hydrogen-bond donors (Lipinski definition) is 2. The van der Waals surface area contributed by atoms with Gasteiger partial charge in [0, 0.05) is 12.0 Å². The van der Waals surface area contributed by atoms with Gasteiger partial charge in [-0.1, -0.05) is 48.1 Å². The Balaban J connectivity index is 2.10. The van der Waals surface area contributed by atoms with Crippen molar-refractivity contribution in [2.45, 2.75) is 6.42 Å². The number of nitrogens with one attached hydrogen (secondary N) is 1. The molecule has 0 unspecified atom stereocenters. The molecule has 0 aliphatic heterocycles. The van der Waals surface area contributed by atoms with Crippen LogP contribution in [0.25, 0.3) is 0 Å². The van der Waals surface area contributed by atoms with Crippen molar-refractivity contribution in [3.8, 4) is 0 Å². The van der Waals surface area contributed by atoms with Crippen LogP contribution in [0.4, 0.5) is 5.69 Å². The smallest absolute Gasteiger partial charge is 0.255 e. The summed E-state index contributed by atoms with van der Waals surface area (Å²) >= 11 is 10.8. The van der Waals surface area contributed by atoms with E-state index in [9.17, 15) is 4.79 Å². The molecule has 1 amide bonds. The summed E-state index contributed by atoms with van der Waals surface area (Å²) in [5, 5.41) is 3.27. The zero-order chi connectivity index (χ0) is 14.5. The number of hydrogen-bond acceptors (Lipinski definition) is 2. The van der Waals surface area contributed by atoms with E-state index in [0.29, 0.717) is 27.7 Å². The van der Waals surface area contributed by atoms with Crippen molar-refractivity contribution in [2.24, 2.45) is 5.73 Å². The second-order valence-electron chi connectivity index (χ2n) is 4.27. The lowest BCUT2D eigenvalue weighted by molar-refractivity contribution is 0.102. The fourth-order valence-electron chi connectivity index (χ4n) is 1.73. The Labute approximate surface area is 127 Å². The molecule has 2 rings (SSSR count). The van der Waals surface area contributed by atoms with Gasteiger partial charge in [-0.15, -0.1) is 0 Å². The number of amides is 1. The predicted octanol–water partition coefficient (Wildman–Crippen LogP) is 3.42. The molecular weight excluding hydrogens is 292 g/mol. The Hall–Kier alpha value is -1.91. The second kappa shape index (κ2) is 6.50. The third kappa shape index (κ3) is 3.79. The van der Waals surface area contributed by atoms with Gasteiger partial charge in [-0.25, -0.2) is 0 Å². The second-order valence-corrected chi connectivity index (χ2v) is 5.21. The van der Waals surface area contributed by atoms with E-state index in [2.05, 4.69) is 5.32 Å². The zero-order valence-electron chi connectivity index (χ0n) is 10.6. The van der Waals surface area contributed by atoms with Crippen molar-refractivity contribution >= 4 is 40.4 Å². The normalized spacial score (nSPS) is 10.1. The van der Waals surface area contributed by atoms with Crippen LogP contribution < -0.4 is 11.1 Å². The number of halogens is 1. The van der Waals surface area contributed by atoms with Crippen molar-refractivity contribution in [2.75, 3.05) is 5.32 Å². The number of benzene rings is 2. The minimum atomic E-state index is -0.208. The van der Waals surface area contributed by atoms with Crippen LogP contribution in [0, 0.1) is 0 Å². The summed E-state index contributed by atoms with van der Waals surface area (Å²) < 4.78 is 0. The van der Waals surface area contributed by atoms with Crippen molar-refractivity contribution in [3.05, 3.63) is 64.7 Å². The molecule has 5 heteroatoms. The molecule has 0 aliphatic carbocycles. The van der Waals surface area contributed by atoms with Crippen LogP contribution in [0.2, 0.25) is 5.02 Å². The average molecular weight is 305 g/mol. The highest BCUT2D eigenvalue weighted by Gasteiger charge is 2.08. The third-order valence-electron chi connectivity index (χ3n) is 2.72. The maximum Gasteiger partial charge on any atom is 0.255 e. The summed E-state index contributed by atoms with van der Waals surface area (Å²) in [6.45, 7) is 0. The third-order valence-corrected chi connectivity index (χ3v) is 3.19. The molecule has 20 heavy (non-hydrogen) atoms. The average Bonchev–Trinajstić information content (AvgIpc) is 2.41. The largest absolute Gasteiger partial charge is 0.393 e. The standard InChI is InChI=1S/C15H13ClN2OS/c16-12-3-1-2-4-13(12)18-15(19)11-7-5-10(6-8-11)9-14(17)20/h1-8H,9H2,(H2,17,20)(H,18,19). The van der Waals surface area contributed by atoms with E-state index in [-0.39, 0.29) is 5.91 Å². The van der Waals surface area contributed by atoms with E-state index in [0.717, 1.165) is 5.56 Å². The number of nitrogens with two attached hydrogens (primary N) is 1. The van der Waals surface area contributed by atoms with Gasteiger partial charge < -0.3 is 11.1 Å². The first kappa shape index (κ1) is 14.5. The number of carbonyl (C=O) groups excluding carboxylic acids is 1. The summed E-state index contributed by atoms with van der Waals surface area (Å²) in [6.07, 6.45) is 0.530. The summed E-state index contributed by atoms with van der Waals surface area (Å²) in [4.78, 5) is 12.5. The first-order valence-corrected chi connectivity index (χ1v) is 6.78. The molecule has 3 nitrogen and oxygen atoms in total. The summed E-state index contributed by atoms with van der Waals surface area (Å²) in [6, 6.07) is 14.2. The van der Waals surface area contributed by atoms with E-state index < -0.39 is 0 Å². The molecule has 0 radical (unpaired) electrons. The van der Waals surface area contributed by atoms with Crippen LogP contribution in [0.5, 0.6) is 0 Å². The summed E-state index contributed by atoms with van der Waals surface area (Å²) in [7, 11) is 0. The zero-order valence-corrected chi connectivity index (χ0v) is 12.2. The molecule has 0 spiro atoms. The Bertz CT molecular complexity index is 641. The molecule has 0 aromatic heterocycles. The van der Waals surface area contributed by atoms with Gasteiger partial charge in [0.25, 0.3) is 5.91 Å². The van der Waals surface area contributed by atoms with Gasteiger partial charge in [0.05, 0.1) is 15.7 Å². The Morgan fingerprint density at radius 2 is 1.80 bits per heavy atom. The topological polar surface area (TPSA) is 55.1 Å². The highest BCUT2D eigenvalue weighted by atomic mass is 35.5. The van der Waals surface area contributed by atoms with Gasteiger partial charge in [-0.3, -0.25) is 4.79 Å². The minimum absolute atomic E-state index is 0.208. The SMILES string of the molecule is NC(=S)Cc1ccc(C(=O)Nc2ccccc2Cl)cc1. The number of rotatable bonds is 4. The maximum absolute atomic E-state index is 12.1. The molecule has 0 atom stereocenters. The Morgan fingerprint density at radius 1 is 1.15 bits per heavy atom. The highest BCUT2D eigenvalue weighted by Crippen LogP contribution is 2.21. The van der Waals surface area contributed by atoms with Crippen molar-refractivity contribution in [3.63, 3.8) is 0 Å². The van der Waals surface area contributed by atoms with Crippen molar-refractivity contribution in [1.29, 1.82) is 0 Å². The molecule has 0 aliphatic rings. The van der Waals surface area contributed by atoms with E-state index in [1.807, 2.05) is 24.3 Å². The molecule has 0 fully saturated rings. The lowest BCUT2D eigenvalue weighted by Gasteiger charge is -2.07. The van der Waals surface area contributed by atoms with Crippen LogP contribution in [0.3, 0.4) is 0 Å². The van der Waals surface area contributed by atoms with Gasteiger partial charge in [-0.05, 0) is 29.8 Å². The molecule has 0 bridgehead atoms. The van der Waals surface area contributed by atoms with Crippen molar-refractivity contribution < 1.29 is 4.79 Å². The van der Waals surface area contributed by atoms with E-state index in [1.54, 1.807) is 24.3 Å². The van der Waals surface area contributed by atoms with Crippen LogP contribution >= 0.6 is 23.8 Å². The monoisotopic (exact) mass is 304 g/mol. The van der Waals surface area contributed by atoms with Crippen LogP contribution in [0.1, 0.15) is 15.9 Å². The lowest BCUT2D eigenvalue weighted by Crippen LogP contribution is -2.13. The van der Waals surface area contributed by atoms with Gasteiger partial charge in [0.2, 0.25) is 0 Å². The lowest BCUT2D eigenvalue weighted by atomic mass is 10.1. The summed E-state index contributed by atoms with van der Waals surface area (Å²) in [5.74, 6) is -0.208. The number of anilines is 1. The number of carbonyl (C=O) groups is 1. The fraction of sp³-hybridized carbons (Fsp3) is 0.0667. The molecule has 2 aromatic rings. The summed E-state index contributed by atoms with van der Waals surface area (Å²) in [5.41, 5.74) is 7.60. The molecule has 0 saturated carbocycles. The Morgan fingerprint density at radius 3 is 2.40 bits per heavy atom. The van der Waals surface area contributed by atoms with E-state index in [1.165, 1.54) is 0 Å². The van der Waals surface area contributed by atoms with Gasteiger partial charge in [0.1, 0.15) is 0 Å². The Kier molecular flexibility index (Phi) is 4.71. The first-order valence-electron chi connectivity index (χ1n) is 5.99. The van der Waals surface area contributed by atoms with Crippen LogP contribution in [0.15, 0.2) is 48.5 Å².